The van der Waals surface area contributed by atoms with Crippen molar-refractivity contribution >= 4 is 27.4 Å². The Kier molecular flexibility index (Phi) is 4.22. The highest BCUT2D eigenvalue weighted by Gasteiger charge is 2.09. The van der Waals surface area contributed by atoms with Crippen LogP contribution in [0, 0.1) is 6.92 Å². The maximum Gasteiger partial charge on any atom is 0.246 e. The van der Waals surface area contributed by atoms with Gasteiger partial charge < -0.3 is 5.32 Å². The molecule has 112 valence electrons. The van der Waals surface area contributed by atoms with Gasteiger partial charge in [0, 0.05) is 5.69 Å². The van der Waals surface area contributed by atoms with E-state index in [-0.39, 0.29) is 18.3 Å². The molecule has 0 bridgehead atoms. The Hall–Kier alpha value is -2.42. The van der Waals surface area contributed by atoms with Gasteiger partial charge in [-0.2, -0.15) is 0 Å². The molecular weight excluding hydrogens is 294 g/mol. The standard InChI is InChI=1S/C12H15N5O3S/c1-9-4-3-5-10(6-9)13-12(18)8-17-7-11(14-16-17)15-21(2,19)20/h3-7,15H,8H2,1-2H3,(H,13,18). The van der Waals surface area contributed by atoms with E-state index >= 15 is 0 Å². The Bertz CT molecular complexity index is 754. The van der Waals surface area contributed by atoms with E-state index in [0.717, 1.165) is 11.8 Å². The van der Waals surface area contributed by atoms with E-state index in [1.807, 2.05) is 25.1 Å². The number of carbonyl (C=O) groups excluding carboxylic acids is 1. The molecule has 21 heavy (non-hydrogen) atoms. The lowest BCUT2D eigenvalue weighted by Crippen LogP contribution is -2.19. The maximum absolute atomic E-state index is 11.8. The van der Waals surface area contributed by atoms with Gasteiger partial charge >= 0.3 is 0 Å². The SMILES string of the molecule is Cc1cccc(NC(=O)Cn2cc(NS(C)(=O)=O)nn2)c1. The summed E-state index contributed by atoms with van der Waals surface area (Å²) in [7, 11) is -3.41. The van der Waals surface area contributed by atoms with Gasteiger partial charge in [0.05, 0.1) is 12.5 Å². The Labute approximate surface area is 122 Å². The van der Waals surface area contributed by atoms with Crippen molar-refractivity contribution in [1.82, 2.24) is 15.0 Å². The summed E-state index contributed by atoms with van der Waals surface area (Å²) in [4.78, 5) is 11.8. The summed E-state index contributed by atoms with van der Waals surface area (Å²) >= 11 is 0. The molecule has 0 radical (unpaired) electrons. The summed E-state index contributed by atoms with van der Waals surface area (Å²) in [5.74, 6) is -0.211. The number of rotatable bonds is 5. The summed E-state index contributed by atoms with van der Waals surface area (Å²) in [6.07, 6.45) is 2.35. The highest BCUT2D eigenvalue weighted by Crippen LogP contribution is 2.09. The molecule has 2 aromatic rings. The third kappa shape index (κ3) is 4.88. The third-order valence-electron chi connectivity index (χ3n) is 2.44. The number of aromatic nitrogens is 3. The summed E-state index contributed by atoms with van der Waals surface area (Å²) in [5.41, 5.74) is 1.72. The molecule has 0 aliphatic carbocycles. The fraction of sp³-hybridized carbons (Fsp3) is 0.250. The van der Waals surface area contributed by atoms with Crippen LogP contribution in [0.3, 0.4) is 0 Å². The average molecular weight is 309 g/mol. The fourth-order valence-corrected chi connectivity index (χ4v) is 2.16. The number of aryl methyl sites for hydroxylation is 1. The van der Waals surface area contributed by atoms with Gasteiger partial charge in [0.15, 0.2) is 5.82 Å². The lowest BCUT2D eigenvalue weighted by atomic mass is 10.2. The molecule has 2 rings (SSSR count). The number of amides is 1. The first kappa shape index (κ1) is 15.0. The van der Waals surface area contributed by atoms with Crippen LogP contribution in [0.2, 0.25) is 0 Å². The van der Waals surface area contributed by atoms with Crippen molar-refractivity contribution in [2.75, 3.05) is 16.3 Å². The highest BCUT2D eigenvalue weighted by atomic mass is 32.2. The molecule has 0 aliphatic rings. The van der Waals surface area contributed by atoms with Crippen molar-refractivity contribution in [1.29, 1.82) is 0 Å². The summed E-state index contributed by atoms with van der Waals surface area (Å²) < 4.78 is 25.5. The van der Waals surface area contributed by atoms with E-state index in [2.05, 4.69) is 20.4 Å². The third-order valence-corrected chi connectivity index (χ3v) is 3.02. The van der Waals surface area contributed by atoms with Crippen LogP contribution in [-0.2, 0) is 21.4 Å². The predicted molar refractivity (Wildman–Crippen MR) is 78.3 cm³/mol. The smallest absolute Gasteiger partial charge is 0.246 e. The molecule has 9 heteroatoms. The van der Waals surface area contributed by atoms with Gasteiger partial charge in [-0.05, 0) is 24.6 Å². The largest absolute Gasteiger partial charge is 0.324 e. The topological polar surface area (TPSA) is 106 Å². The molecule has 2 N–H and O–H groups in total. The summed E-state index contributed by atoms with van der Waals surface area (Å²) in [5, 5.41) is 10.0. The molecule has 0 atom stereocenters. The van der Waals surface area contributed by atoms with E-state index < -0.39 is 10.0 Å². The first-order valence-electron chi connectivity index (χ1n) is 6.06. The number of nitrogens with one attached hydrogen (secondary N) is 2. The van der Waals surface area contributed by atoms with Crippen molar-refractivity contribution < 1.29 is 13.2 Å². The number of benzene rings is 1. The van der Waals surface area contributed by atoms with Crippen LogP contribution in [0.1, 0.15) is 5.56 Å². The Morgan fingerprint density at radius 1 is 1.38 bits per heavy atom. The minimum absolute atomic E-state index is 0.0631. The number of carbonyl (C=O) groups is 1. The monoisotopic (exact) mass is 309 g/mol. The van der Waals surface area contributed by atoms with Crippen LogP contribution >= 0.6 is 0 Å². The molecule has 0 unspecified atom stereocenters. The van der Waals surface area contributed by atoms with Crippen molar-refractivity contribution in [2.24, 2.45) is 0 Å². The number of anilines is 2. The summed E-state index contributed by atoms with van der Waals surface area (Å²) in [6.45, 7) is 1.86. The zero-order valence-electron chi connectivity index (χ0n) is 11.6. The first-order valence-corrected chi connectivity index (χ1v) is 7.95. The van der Waals surface area contributed by atoms with Gasteiger partial charge in [-0.15, -0.1) is 5.10 Å². The van der Waals surface area contributed by atoms with E-state index in [1.165, 1.54) is 10.9 Å². The molecule has 1 aromatic heterocycles. The van der Waals surface area contributed by atoms with E-state index in [9.17, 15) is 13.2 Å². The summed E-state index contributed by atoms with van der Waals surface area (Å²) in [6, 6.07) is 7.39. The van der Waals surface area contributed by atoms with Crippen molar-refractivity contribution in [3.63, 3.8) is 0 Å². The first-order chi connectivity index (χ1) is 9.82. The van der Waals surface area contributed by atoms with E-state index in [4.69, 9.17) is 0 Å². The number of nitrogens with zero attached hydrogens (tertiary/aromatic N) is 3. The molecule has 0 saturated heterocycles. The average Bonchev–Trinajstić information content (AvgIpc) is 2.73. The second-order valence-electron chi connectivity index (χ2n) is 4.59. The fourth-order valence-electron chi connectivity index (χ4n) is 1.68. The second kappa shape index (κ2) is 5.92. The highest BCUT2D eigenvalue weighted by molar-refractivity contribution is 7.92. The van der Waals surface area contributed by atoms with Crippen LogP contribution in [0.4, 0.5) is 11.5 Å². The zero-order valence-corrected chi connectivity index (χ0v) is 12.4. The van der Waals surface area contributed by atoms with Crippen LogP contribution in [0.5, 0.6) is 0 Å². The minimum atomic E-state index is -3.41. The lowest BCUT2D eigenvalue weighted by Gasteiger charge is -2.05. The molecule has 1 aromatic carbocycles. The van der Waals surface area contributed by atoms with Crippen LogP contribution in [-0.4, -0.2) is 35.6 Å². The number of hydrogen-bond donors (Lipinski definition) is 2. The quantitative estimate of drug-likeness (QED) is 0.841. The van der Waals surface area contributed by atoms with Crippen molar-refractivity contribution in [2.45, 2.75) is 13.5 Å². The van der Waals surface area contributed by atoms with Crippen LogP contribution < -0.4 is 10.0 Å². The maximum atomic E-state index is 11.8. The van der Waals surface area contributed by atoms with E-state index in [0.29, 0.717) is 5.69 Å². The number of hydrogen-bond acceptors (Lipinski definition) is 5. The van der Waals surface area contributed by atoms with Crippen molar-refractivity contribution in [3.8, 4) is 0 Å². The predicted octanol–water partition coefficient (Wildman–Crippen LogP) is 0.597. The van der Waals surface area contributed by atoms with Crippen molar-refractivity contribution in [3.05, 3.63) is 36.0 Å². The van der Waals surface area contributed by atoms with Gasteiger partial charge in [0.2, 0.25) is 15.9 Å². The minimum Gasteiger partial charge on any atom is -0.324 e. The van der Waals surface area contributed by atoms with Gasteiger partial charge in [-0.25, -0.2) is 13.1 Å². The molecule has 1 heterocycles. The Morgan fingerprint density at radius 3 is 2.81 bits per heavy atom. The number of sulfonamides is 1. The zero-order chi connectivity index (χ0) is 15.5. The molecule has 0 aliphatic heterocycles. The Morgan fingerprint density at radius 2 is 2.14 bits per heavy atom. The van der Waals surface area contributed by atoms with E-state index in [1.54, 1.807) is 6.07 Å². The molecule has 0 fully saturated rings. The van der Waals surface area contributed by atoms with Gasteiger partial charge in [0.25, 0.3) is 0 Å². The van der Waals surface area contributed by atoms with Crippen LogP contribution in [0.25, 0.3) is 0 Å². The van der Waals surface area contributed by atoms with Gasteiger partial charge in [-0.3, -0.25) is 9.52 Å². The normalized spacial score (nSPS) is 11.1. The van der Waals surface area contributed by atoms with Gasteiger partial charge in [-0.1, -0.05) is 17.3 Å². The Balaban J connectivity index is 1.97. The molecule has 0 saturated carbocycles. The molecule has 8 nitrogen and oxygen atoms in total. The molecule has 0 spiro atoms. The molecular formula is C12H15N5O3S. The second-order valence-corrected chi connectivity index (χ2v) is 6.34. The lowest BCUT2D eigenvalue weighted by molar-refractivity contribution is -0.116. The van der Waals surface area contributed by atoms with Gasteiger partial charge in [0.1, 0.15) is 6.54 Å². The molecule has 1 amide bonds. The van der Waals surface area contributed by atoms with Crippen LogP contribution in [0.15, 0.2) is 30.5 Å².